The van der Waals surface area contributed by atoms with Crippen LogP contribution < -0.4 is 4.74 Å². The van der Waals surface area contributed by atoms with Gasteiger partial charge in [-0.15, -0.1) is 0 Å². The molecule has 0 unspecified atom stereocenters. The second-order valence-electron chi connectivity index (χ2n) is 10.1. The molecule has 1 aromatic heterocycles. The topological polar surface area (TPSA) is 62.7 Å². The number of likely N-dealkylation sites (tertiary alicyclic amines) is 1. The predicted molar refractivity (Wildman–Crippen MR) is 141 cm³/mol. The van der Waals surface area contributed by atoms with Crippen LogP contribution in [0.25, 0.3) is 17.0 Å². The van der Waals surface area contributed by atoms with Crippen LogP contribution in [0.1, 0.15) is 56.4 Å². The average Bonchev–Trinajstić information content (AvgIpc) is 2.86. The third kappa shape index (κ3) is 6.70. The quantitative estimate of drug-likeness (QED) is 0.442. The number of hydrogen-bond donors (Lipinski definition) is 1. The Labute approximate surface area is 208 Å². The Bertz CT molecular complexity index is 1170. The molecule has 2 aromatic carbocycles. The Kier molecular flexibility index (Phi) is 7.86. The van der Waals surface area contributed by atoms with Gasteiger partial charge in [0, 0.05) is 30.5 Å². The molecule has 1 saturated heterocycles. The van der Waals surface area contributed by atoms with Crippen LogP contribution in [-0.4, -0.2) is 39.6 Å². The first kappa shape index (κ1) is 24.9. The van der Waals surface area contributed by atoms with Gasteiger partial charge in [0.05, 0.1) is 16.8 Å². The monoisotopic (exact) mass is 472 g/mol. The lowest BCUT2D eigenvalue weighted by atomic mass is 9.94. The van der Waals surface area contributed by atoms with Crippen molar-refractivity contribution < 1.29 is 14.6 Å². The number of ether oxygens (including phenoxy) is 1. The van der Waals surface area contributed by atoms with E-state index in [1.165, 1.54) is 0 Å². The van der Waals surface area contributed by atoms with Gasteiger partial charge >= 0.3 is 0 Å². The van der Waals surface area contributed by atoms with Crippen LogP contribution >= 0.6 is 0 Å². The van der Waals surface area contributed by atoms with Crippen molar-refractivity contribution in [2.45, 2.75) is 58.7 Å². The van der Waals surface area contributed by atoms with Crippen LogP contribution in [0.4, 0.5) is 0 Å². The number of hydrogen-bond acceptors (Lipinski definition) is 4. The third-order valence-corrected chi connectivity index (χ3v) is 6.71. The summed E-state index contributed by atoms with van der Waals surface area (Å²) in [7, 11) is 0. The van der Waals surface area contributed by atoms with Crippen molar-refractivity contribution in [1.29, 1.82) is 0 Å². The highest BCUT2D eigenvalue weighted by Crippen LogP contribution is 2.32. The van der Waals surface area contributed by atoms with Gasteiger partial charge in [-0.25, -0.2) is 4.98 Å². The number of carbonyl (C=O) groups excluding carboxylic acids is 1. The highest BCUT2D eigenvalue weighted by atomic mass is 16.5. The molecule has 5 heteroatoms. The van der Waals surface area contributed by atoms with Crippen LogP contribution in [0.2, 0.25) is 0 Å². The minimum atomic E-state index is -0.800. The van der Waals surface area contributed by atoms with Crippen molar-refractivity contribution in [3.63, 3.8) is 0 Å². The lowest BCUT2D eigenvalue weighted by Crippen LogP contribution is -2.38. The highest BCUT2D eigenvalue weighted by Gasteiger charge is 2.23. The number of piperidine rings is 1. The normalized spacial score (nSPS) is 15.1. The van der Waals surface area contributed by atoms with Crippen LogP contribution in [0.15, 0.2) is 60.7 Å². The van der Waals surface area contributed by atoms with Crippen molar-refractivity contribution in [2.75, 3.05) is 13.1 Å². The molecule has 2 heterocycles. The zero-order chi connectivity index (χ0) is 24.8. The van der Waals surface area contributed by atoms with Gasteiger partial charge in [-0.3, -0.25) is 4.79 Å². The SMILES string of the molecule is Cc1c(C=CC2CCN(C(=O)CCC(C)(C)O)CC2)nc2ccccc2c1OCc1ccccc1. The Morgan fingerprint density at radius 2 is 1.80 bits per heavy atom. The number of para-hydroxylation sites is 1. The van der Waals surface area contributed by atoms with Crippen molar-refractivity contribution >= 4 is 22.9 Å². The van der Waals surface area contributed by atoms with Gasteiger partial charge in [0.25, 0.3) is 0 Å². The molecule has 0 atom stereocenters. The molecule has 35 heavy (non-hydrogen) atoms. The number of nitrogens with zero attached hydrogens (tertiary/aromatic N) is 2. The Balaban J connectivity index is 1.44. The summed E-state index contributed by atoms with van der Waals surface area (Å²) >= 11 is 0. The van der Waals surface area contributed by atoms with Crippen LogP contribution in [0.3, 0.4) is 0 Å². The first-order valence-corrected chi connectivity index (χ1v) is 12.5. The number of pyridine rings is 1. The lowest BCUT2D eigenvalue weighted by molar-refractivity contribution is -0.133. The van der Waals surface area contributed by atoms with E-state index in [9.17, 15) is 9.90 Å². The molecular weight excluding hydrogens is 436 g/mol. The molecule has 0 bridgehead atoms. The largest absolute Gasteiger partial charge is 0.488 e. The number of carbonyl (C=O) groups is 1. The van der Waals surface area contributed by atoms with E-state index in [0.717, 1.165) is 59.4 Å². The smallest absolute Gasteiger partial charge is 0.222 e. The Morgan fingerprint density at radius 1 is 1.11 bits per heavy atom. The van der Waals surface area contributed by atoms with Gasteiger partial charge < -0.3 is 14.7 Å². The minimum Gasteiger partial charge on any atom is -0.488 e. The maximum atomic E-state index is 12.5. The van der Waals surface area contributed by atoms with Crippen molar-refractivity contribution in [2.24, 2.45) is 5.92 Å². The summed E-state index contributed by atoms with van der Waals surface area (Å²) in [4.78, 5) is 19.3. The van der Waals surface area contributed by atoms with Gasteiger partial charge in [-0.05, 0) is 69.7 Å². The number of amides is 1. The van der Waals surface area contributed by atoms with E-state index in [4.69, 9.17) is 9.72 Å². The summed E-state index contributed by atoms with van der Waals surface area (Å²) in [5.74, 6) is 1.43. The molecule has 1 aliphatic rings. The average molecular weight is 473 g/mol. The van der Waals surface area contributed by atoms with Crippen molar-refractivity contribution in [3.05, 3.63) is 77.5 Å². The number of benzene rings is 2. The number of aromatic nitrogens is 1. The van der Waals surface area contributed by atoms with E-state index in [1.54, 1.807) is 13.8 Å². The summed E-state index contributed by atoms with van der Waals surface area (Å²) in [6.45, 7) is 7.60. The van der Waals surface area contributed by atoms with Gasteiger partial charge in [-0.1, -0.05) is 48.5 Å². The number of fused-ring (bicyclic) bond motifs is 1. The second kappa shape index (κ2) is 11.0. The van der Waals surface area contributed by atoms with Gasteiger partial charge in [0.2, 0.25) is 5.91 Å². The molecule has 0 saturated carbocycles. The second-order valence-corrected chi connectivity index (χ2v) is 10.1. The van der Waals surface area contributed by atoms with E-state index < -0.39 is 5.60 Å². The van der Waals surface area contributed by atoms with Crippen molar-refractivity contribution in [3.8, 4) is 5.75 Å². The number of allylic oxidation sites excluding steroid dienone is 1. The summed E-state index contributed by atoms with van der Waals surface area (Å²) < 4.78 is 6.32. The highest BCUT2D eigenvalue weighted by molar-refractivity contribution is 5.88. The van der Waals surface area contributed by atoms with E-state index >= 15 is 0 Å². The zero-order valence-electron chi connectivity index (χ0n) is 21.0. The van der Waals surface area contributed by atoms with Gasteiger partial charge in [-0.2, -0.15) is 0 Å². The predicted octanol–water partition coefficient (Wildman–Crippen LogP) is 5.93. The molecule has 1 fully saturated rings. The fourth-order valence-electron chi connectivity index (χ4n) is 4.51. The van der Waals surface area contributed by atoms with E-state index in [0.29, 0.717) is 25.4 Å². The van der Waals surface area contributed by atoms with Crippen LogP contribution in [0, 0.1) is 12.8 Å². The third-order valence-electron chi connectivity index (χ3n) is 6.71. The Hall–Kier alpha value is -3.18. The van der Waals surface area contributed by atoms with Crippen LogP contribution in [0.5, 0.6) is 5.75 Å². The maximum Gasteiger partial charge on any atom is 0.222 e. The zero-order valence-corrected chi connectivity index (χ0v) is 21.0. The minimum absolute atomic E-state index is 0.141. The van der Waals surface area contributed by atoms with Crippen LogP contribution in [-0.2, 0) is 11.4 Å². The molecule has 1 N–H and O–H groups in total. The Morgan fingerprint density at radius 3 is 2.51 bits per heavy atom. The number of rotatable bonds is 8. The lowest BCUT2D eigenvalue weighted by Gasteiger charge is -2.31. The molecule has 3 aromatic rings. The molecule has 4 rings (SSSR count). The fourth-order valence-corrected chi connectivity index (χ4v) is 4.51. The molecule has 0 aliphatic carbocycles. The molecule has 0 radical (unpaired) electrons. The summed E-state index contributed by atoms with van der Waals surface area (Å²) in [6, 6.07) is 18.3. The molecule has 5 nitrogen and oxygen atoms in total. The standard InChI is InChI=1S/C30H36N2O3/c1-22-26(14-13-23-16-19-32(20-17-23)28(33)15-18-30(2,3)34)31-27-12-8-7-11-25(27)29(22)35-21-24-9-5-4-6-10-24/h4-14,23,34H,15-21H2,1-3H3. The molecule has 1 amide bonds. The maximum absolute atomic E-state index is 12.5. The van der Waals surface area contributed by atoms with E-state index in [-0.39, 0.29) is 5.91 Å². The van der Waals surface area contributed by atoms with E-state index in [2.05, 4.69) is 37.3 Å². The summed E-state index contributed by atoms with van der Waals surface area (Å²) in [5.41, 5.74) is 3.22. The summed E-state index contributed by atoms with van der Waals surface area (Å²) in [6.07, 6.45) is 7.13. The molecule has 184 valence electrons. The number of aliphatic hydroxyl groups is 1. The van der Waals surface area contributed by atoms with Gasteiger partial charge in [0.1, 0.15) is 12.4 Å². The van der Waals surface area contributed by atoms with E-state index in [1.807, 2.05) is 41.3 Å². The molecular formula is C30H36N2O3. The van der Waals surface area contributed by atoms with Crippen molar-refractivity contribution in [1.82, 2.24) is 9.88 Å². The summed E-state index contributed by atoms with van der Waals surface area (Å²) in [5, 5.41) is 10.9. The first-order valence-electron chi connectivity index (χ1n) is 12.5. The molecule has 1 aliphatic heterocycles. The fraction of sp³-hybridized carbons (Fsp3) is 0.400. The molecule has 0 spiro atoms. The first-order chi connectivity index (χ1) is 16.8. The van der Waals surface area contributed by atoms with Gasteiger partial charge in [0.15, 0.2) is 0 Å².